The van der Waals surface area contributed by atoms with Gasteiger partial charge in [-0.3, -0.25) is 0 Å². The predicted molar refractivity (Wildman–Crippen MR) is 86.4 cm³/mol. The number of benzene rings is 2. The summed E-state index contributed by atoms with van der Waals surface area (Å²) in [6.07, 6.45) is 3.27. The van der Waals surface area contributed by atoms with Gasteiger partial charge in [0, 0.05) is 13.0 Å². The molecule has 1 unspecified atom stereocenters. The molecule has 0 bridgehead atoms. The van der Waals surface area contributed by atoms with Crippen LogP contribution >= 0.6 is 0 Å². The van der Waals surface area contributed by atoms with Crippen LogP contribution in [0.15, 0.2) is 48.5 Å². The Balaban J connectivity index is 1.46. The molecule has 1 spiro atoms. The number of hydrogen-bond acceptors (Lipinski definition) is 3. The Morgan fingerprint density at radius 1 is 1.09 bits per heavy atom. The van der Waals surface area contributed by atoms with Crippen molar-refractivity contribution < 1.29 is 9.47 Å². The van der Waals surface area contributed by atoms with E-state index in [1.807, 2.05) is 24.3 Å². The van der Waals surface area contributed by atoms with E-state index in [0.29, 0.717) is 6.61 Å². The molecule has 3 nitrogen and oxygen atoms in total. The zero-order chi connectivity index (χ0) is 14.8. The molecule has 2 heterocycles. The van der Waals surface area contributed by atoms with Crippen LogP contribution in [0.5, 0.6) is 11.5 Å². The van der Waals surface area contributed by atoms with Crippen molar-refractivity contribution >= 4 is 0 Å². The molecular formula is C19H21NO2. The smallest absolute Gasteiger partial charge is 0.123 e. The fourth-order valence-electron chi connectivity index (χ4n) is 3.35. The molecule has 114 valence electrons. The maximum absolute atomic E-state index is 6.28. The van der Waals surface area contributed by atoms with E-state index in [9.17, 15) is 0 Å². The second-order valence-electron chi connectivity index (χ2n) is 6.26. The third-order valence-corrected chi connectivity index (χ3v) is 4.66. The van der Waals surface area contributed by atoms with Crippen LogP contribution < -0.4 is 14.8 Å². The van der Waals surface area contributed by atoms with Crippen molar-refractivity contribution in [2.45, 2.75) is 31.5 Å². The fourth-order valence-corrected chi connectivity index (χ4v) is 3.35. The van der Waals surface area contributed by atoms with Crippen molar-refractivity contribution in [2.24, 2.45) is 0 Å². The van der Waals surface area contributed by atoms with Crippen molar-refractivity contribution in [3.05, 3.63) is 59.7 Å². The number of fused-ring (bicyclic) bond motifs is 1. The van der Waals surface area contributed by atoms with Gasteiger partial charge >= 0.3 is 0 Å². The molecule has 3 heteroatoms. The van der Waals surface area contributed by atoms with Crippen LogP contribution in [-0.2, 0) is 13.0 Å². The van der Waals surface area contributed by atoms with Crippen LogP contribution in [0.2, 0.25) is 0 Å². The SMILES string of the molecule is c1ccc(COc2ccc3c(c2)CCC2(CCNC2)O3)cc1. The lowest BCUT2D eigenvalue weighted by atomic mass is 9.90. The quantitative estimate of drug-likeness (QED) is 0.942. The molecule has 1 fully saturated rings. The summed E-state index contributed by atoms with van der Waals surface area (Å²) in [6, 6.07) is 16.5. The maximum atomic E-state index is 6.28. The lowest BCUT2D eigenvalue weighted by Crippen LogP contribution is -2.41. The number of hydrogen-bond donors (Lipinski definition) is 1. The average Bonchev–Trinajstić information content (AvgIpc) is 3.02. The van der Waals surface area contributed by atoms with Crippen LogP contribution in [0.25, 0.3) is 0 Å². The van der Waals surface area contributed by atoms with Crippen molar-refractivity contribution in [2.75, 3.05) is 13.1 Å². The first-order chi connectivity index (χ1) is 10.8. The molecule has 0 amide bonds. The molecule has 1 atom stereocenters. The molecule has 0 radical (unpaired) electrons. The zero-order valence-electron chi connectivity index (χ0n) is 12.7. The average molecular weight is 295 g/mol. The number of aryl methyl sites for hydroxylation is 1. The van der Waals surface area contributed by atoms with Gasteiger partial charge in [0.2, 0.25) is 0 Å². The topological polar surface area (TPSA) is 30.5 Å². The maximum Gasteiger partial charge on any atom is 0.123 e. The molecule has 2 aliphatic rings. The Labute approximate surface area is 131 Å². The third kappa shape index (κ3) is 2.69. The van der Waals surface area contributed by atoms with Crippen molar-refractivity contribution in [3.63, 3.8) is 0 Å². The highest BCUT2D eigenvalue weighted by Crippen LogP contribution is 2.38. The fraction of sp³-hybridized carbons (Fsp3) is 0.368. The van der Waals surface area contributed by atoms with E-state index in [1.54, 1.807) is 0 Å². The Hall–Kier alpha value is -2.00. The van der Waals surface area contributed by atoms with Crippen molar-refractivity contribution in [1.82, 2.24) is 5.32 Å². The highest BCUT2D eigenvalue weighted by Gasteiger charge is 2.39. The summed E-state index contributed by atoms with van der Waals surface area (Å²) in [6.45, 7) is 2.64. The summed E-state index contributed by atoms with van der Waals surface area (Å²) in [7, 11) is 0. The van der Waals surface area contributed by atoms with Crippen molar-refractivity contribution in [3.8, 4) is 11.5 Å². The van der Waals surface area contributed by atoms with Gasteiger partial charge in [-0.2, -0.15) is 0 Å². The van der Waals surface area contributed by atoms with Gasteiger partial charge in [0.05, 0.1) is 0 Å². The van der Waals surface area contributed by atoms with Gasteiger partial charge in [0.1, 0.15) is 23.7 Å². The Morgan fingerprint density at radius 2 is 2.00 bits per heavy atom. The molecule has 0 aromatic heterocycles. The number of ether oxygens (including phenoxy) is 2. The molecule has 0 aliphatic carbocycles. The van der Waals surface area contributed by atoms with Crippen molar-refractivity contribution in [1.29, 1.82) is 0 Å². The monoisotopic (exact) mass is 295 g/mol. The molecule has 22 heavy (non-hydrogen) atoms. The summed E-state index contributed by atoms with van der Waals surface area (Å²) < 4.78 is 12.2. The van der Waals surface area contributed by atoms with Crippen LogP contribution in [0.4, 0.5) is 0 Å². The highest BCUT2D eigenvalue weighted by molar-refractivity contribution is 5.42. The molecular weight excluding hydrogens is 274 g/mol. The van der Waals surface area contributed by atoms with E-state index in [-0.39, 0.29) is 5.60 Å². The minimum atomic E-state index is 0.0272. The second kappa shape index (κ2) is 5.65. The number of rotatable bonds is 3. The van der Waals surface area contributed by atoms with Gasteiger partial charge in [0.25, 0.3) is 0 Å². The first-order valence-electron chi connectivity index (χ1n) is 8.02. The third-order valence-electron chi connectivity index (χ3n) is 4.66. The van der Waals surface area contributed by atoms with Crippen LogP contribution in [-0.4, -0.2) is 18.7 Å². The van der Waals surface area contributed by atoms with E-state index in [2.05, 4.69) is 29.6 Å². The summed E-state index contributed by atoms with van der Waals surface area (Å²) in [5.41, 5.74) is 2.48. The minimum absolute atomic E-state index is 0.0272. The first-order valence-corrected chi connectivity index (χ1v) is 8.02. The van der Waals surface area contributed by atoms with E-state index < -0.39 is 0 Å². The van der Waals surface area contributed by atoms with Gasteiger partial charge in [-0.25, -0.2) is 0 Å². The minimum Gasteiger partial charge on any atom is -0.489 e. The molecule has 2 aromatic carbocycles. The van der Waals surface area contributed by atoms with Crippen LogP contribution in [0.3, 0.4) is 0 Å². The van der Waals surface area contributed by atoms with Gasteiger partial charge in [-0.15, -0.1) is 0 Å². The lowest BCUT2D eigenvalue weighted by Gasteiger charge is -2.35. The standard InChI is InChI=1S/C19H21NO2/c1-2-4-15(5-3-1)13-21-17-6-7-18-16(12-17)8-9-19(22-18)10-11-20-14-19/h1-7,12,20H,8-11,13-14H2. The van der Waals surface area contributed by atoms with E-state index in [1.165, 1.54) is 11.1 Å². The van der Waals surface area contributed by atoms with Gasteiger partial charge in [0.15, 0.2) is 0 Å². The normalized spacial score (nSPS) is 23.1. The molecule has 4 rings (SSSR count). The molecule has 1 N–H and O–H groups in total. The van der Waals surface area contributed by atoms with E-state index in [4.69, 9.17) is 9.47 Å². The molecule has 0 saturated carbocycles. The number of nitrogens with one attached hydrogen (secondary N) is 1. The zero-order valence-corrected chi connectivity index (χ0v) is 12.7. The lowest BCUT2D eigenvalue weighted by molar-refractivity contribution is 0.0662. The molecule has 2 aromatic rings. The van der Waals surface area contributed by atoms with E-state index >= 15 is 0 Å². The van der Waals surface area contributed by atoms with Gasteiger partial charge in [-0.1, -0.05) is 30.3 Å². The second-order valence-corrected chi connectivity index (χ2v) is 6.26. The summed E-state index contributed by atoms with van der Waals surface area (Å²) in [4.78, 5) is 0. The largest absolute Gasteiger partial charge is 0.489 e. The summed E-state index contributed by atoms with van der Waals surface area (Å²) >= 11 is 0. The van der Waals surface area contributed by atoms with E-state index in [0.717, 1.165) is 43.9 Å². The summed E-state index contributed by atoms with van der Waals surface area (Å²) in [5, 5.41) is 3.41. The Bertz CT molecular complexity index is 648. The Morgan fingerprint density at radius 3 is 2.82 bits per heavy atom. The van der Waals surface area contributed by atoms with Gasteiger partial charge < -0.3 is 14.8 Å². The first kappa shape index (κ1) is 13.6. The van der Waals surface area contributed by atoms with Gasteiger partial charge in [-0.05, 0) is 48.7 Å². The predicted octanol–water partition coefficient (Wildman–Crippen LogP) is 3.32. The highest BCUT2D eigenvalue weighted by atomic mass is 16.5. The molecule has 1 saturated heterocycles. The molecule has 2 aliphatic heterocycles. The summed E-state index contributed by atoms with van der Waals surface area (Å²) in [5.74, 6) is 1.95. The van der Waals surface area contributed by atoms with Crippen LogP contribution in [0.1, 0.15) is 24.0 Å². The van der Waals surface area contributed by atoms with Crippen LogP contribution in [0, 0.1) is 0 Å². The Kier molecular flexibility index (Phi) is 3.51.